The average Bonchev–Trinajstić information content (AvgIpc) is 2.46. The largest absolute Gasteiger partial charge is 0.487 e. The number of rotatable bonds is 5. The molecule has 0 fully saturated rings. The van der Waals surface area contributed by atoms with E-state index in [9.17, 15) is 20.2 Å². The lowest BCUT2D eigenvalue weighted by molar-refractivity contribution is -0.385. The Kier molecular flexibility index (Phi) is 4.49. The molecule has 21 heavy (non-hydrogen) atoms. The van der Waals surface area contributed by atoms with Crippen LogP contribution in [0.15, 0.2) is 46.9 Å². The van der Waals surface area contributed by atoms with E-state index in [-0.39, 0.29) is 23.7 Å². The monoisotopic (exact) mass is 352 g/mol. The predicted molar refractivity (Wildman–Crippen MR) is 78.2 cm³/mol. The second-order valence-corrected chi connectivity index (χ2v) is 4.90. The van der Waals surface area contributed by atoms with E-state index in [0.717, 1.165) is 0 Å². The molecule has 0 N–H and O–H groups in total. The molecule has 0 saturated heterocycles. The standard InChI is InChI=1S/C13H9BrN2O5/c14-11-6-5-10(15(17)18)7-13(11)21-8-9-3-1-2-4-12(9)16(19)20/h1-7H,8H2. The summed E-state index contributed by atoms with van der Waals surface area (Å²) in [5.41, 5.74) is 0.218. The molecule has 0 atom stereocenters. The average molecular weight is 353 g/mol. The lowest BCUT2D eigenvalue weighted by atomic mass is 10.2. The van der Waals surface area contributed by atoms with Gasteiger partial charge in [0.15, 0.2) is 0 Å². The van der Waals surface area contributed by atoms with Crippen LogP contribution in [0.25, 0.3) is 0 Å². The molecule has 2 aromatic carbocycles. The number of hydrogen-bond acceptors (Lipinski definition) is 5. The highest BCUT2D eigenvalue weighted by Crippen LogP contribution is 2.30. The number of nitrogens with zero attached hydrogens (tertiary/aromatic N) is 2. The first-order chi connectivity index (χ1) is 9.99. The Morgan fingerprint density at radius 3 is 2.43 bits per heavy atom. The molecule has 0 unspecified atom stereocenters. The Bertz CT molecular complexity index is 705. The molecule has 0 bridgehead atoms. The number of nitro groups is 2. The molecule has 0 aliphatic rings. The number of hydrogen-bond donors (Lipinski definition) is 0. The summed E-state index contributed by atoms with van der Waals surface area (Å²) in [6.45, 7) is -0.0586. The lowest BCUT2D eigenvalue weighted by Gasteiger charge is -2.08. The topological polar surface area (TPSA) is 95.5 Å². The molecule has 0 spiro atoms. The Hall–Kier alpha value is -2.48. The molecule has 108 valence electrons. The summed E-state index contributed by atoms with van der Waals surface area (Å²) in [7, 11) is 0. The minimum Gasteiger partial charge on any atom is -0.487 e. The lowest BCUT2D eigenvalue weighted by Crippen LogP contribution is -2.01. The van der Waals surface area contributed by atoms with Gasteiger partial charge < -0.3 is 4.74 Å². The van der Waals surface area contributed by atoms with Crippen molar-refractivity contribution in [2.24, 2.45) is 0 Å². The number of halogens is 1. The first-order valence-corrected chi connectivity index (χ1v) is 6.57. The molecule has 0 aliphatic heterocycles. The summed E-state index contributed by atoms with van der Waals surface area (Å²) in [6, 6.07) is 10.3. The molecule has 2 aromatic rings. The Morgan fingerprint density at radius 1 is 1.05 bits per heavy atom. The Balaban J connectivity index is 2.22. The minimum absolute atomic E-state index is 0.0564. The van der Waals surface area contributed by atoms with Crippen molar-refractivity contribution in [3.05, 3.63) is 72.7 Å². The van der Waals surface area contributed by atoms with Crippen LogP contribution in [0.5, 0.6) is 5.75 Å². The van der Waals surface area contributed by atoms with E-state index in [1.165, 1.54) is 24.3 Å². The van der Waals surface area contributed by atoms with Gasteiger partial charge in [-0.3, -0.25) is 20.2 Å². The zero-order valence-corrected chi connectivity index (χ0v) is 12.1. The van der Waals surface area contributed by atoms with Gasteiger partial charge in [-0.1, -0.05) is 12.1 Å². The highest BCUT2D eigenvalue weighted by molar-refractivity contribution is 9.10. The third kappa shape index (κ3) is 3.54. The van der Waals surface area contributed by atoms with Crippen LogP contribution >= 0.6 is 15.9 Å². The van der Waals surface area contributed by atoms with Crippen molar-refractivity contribution in [3.8, 4) is 5.75 Å². The number of non-ortho nitro benzene ring substituents is 1. The summed E-state index contributed by atoms with van der Waals surface area (Å²) in [5, 5.41) is 21.6. The van der Waals surface area contributed by atoms with Crippen molar-refractivity contribution >= 4 is 27.3 Å². The van der Waals surface area contributed by atoms with Crippen molar-refractivity contribution in [1.82, 2.24) is 0 Å². The van der Waals surface area contributed by atoms with Gasteiger partial charge in [-0.2, -0.15) is 0 Å². The fourth-order valence-corrected chi connectivity index (χ4v) is 2.04. The van der Waals surface area contributed by atoms with Crippen LogP contribution in [0.3, 0.4) is 0 Å². The van der Waals surface area contributed by atoms with Crippen LogP contribution in [-0.2, 0) is 6.61 Å². The molecule has 0 aromatic heterocycles. The van der Waals surface area contributed by atoms with E-state index < -0.39 is 9.85 Å². The van der Waals surface area contributed by atoms with Crippen molar-refractivity contribution in [1.29, 1.82) is 0 Å². The zero-order valence-electron chi connectivity index (χ0n) is 10.6. The molecule has 7 nitrogen and oxygen atoms in total. The van der Waals surface area contributed by atoms with Crippen LogP contribution in [0.1, 0.15) is 5.56 Å². The fourth-order valence-electron chi connectivity index (χ4n) is 1.68. The molecule has 2 rings (SSSR count). The van der Waals surface area contributed by atoms with Gasteiger partial charge >= 0.3 is 0 Å². The summed E-state index contributed by atoms with van der Waals surface area (Å²) in [4.78, 5) is 20.6. The van der Waals surface area contributed by atoms with E-state index in [1.54, 1.807) is 18.2 Å². The molecule has 0 saturated carbocycles. The molecule has 0 aliphatic carbocycles. The third-order valence-electron chi connectivity index (χ3n) is 2.70. The van der Waals surface area contributed by atoms with Gasteiger partial charge in [0, 0.05) is 12.1 Å². The maximum absolute atomic E-state index is 10.9. The first-order valence-electron chi connectivity index (χ1n) is 5.78. The van der Waals surface area contributed by atoms with Crippen molar-refractivity contribution in [2.45, 2.75) is 6.61 Å². The van der Waals surface area contributed by atoms with Crippen LogP contribution in [-0.4, -0.2) is 9.85 Å². The molecule has 0 radical (unpaired) electrons. The summed E-state index contributed by atoms with van der Waals surface area (Å²) in [6.07, 6.45) is 0. The van der Waals surface area contributed by atoms with E-state index in [2.05, 4.69) is 15.9 Å². The Morgan fingerprint density at radius 2 is 1.76 bits per heavy atom. The van der Waals surface area contributed by atoms with E-state index in [1.807, 2.05) is 0 Å². The van der Waals surface area contributed by atoms with E-state index in [0.29, 0.717) is 10.0 Å². The van der Waals surface area contributed by atoms with Crippen LogP contribution < -0.4 is 4.74 Å². The summed E-state index contributed by atoms with van der Waals surface area (Å²) < 4.78 is 5.98. The molecule has 0 heterocycles. The van der Waals surface area contributed by atoms with Crippen molar-refractivity contribution < 1.29 is 14.6 Å². The highest BCUT2D eigenvalue weighted by atomic mass is 79.9. The zero-order chi connectivity index (χ0) is 15.4. The van der Waals surface area contributed by atoms with Crippen LogP contribution in [0.4, 0.5) is 11.4 Å². The quantitative estimate of drug-likeness (QED) is 0.601. The molecule has 0 amide bonds. The maximum Gasteiger partial charge on any atom is 0.276 e. The van der Waals surface area contributed by atoms with Crippen LogP contribution in [0.2, 0.25) is 0 Å². The van der Waals surface area contributed by atoms with E-state index >= 15 is 0 Å². The van der Waals surface area contributed by atoms with Gasteiger partial charge in [0.25, 0.3) is 11.4 Å². The number of para-hydroxylation sites is 1. The minimum atomic E-state index is -0.537. The van der Waals surface area contributed by atoms with Crippen LogP contribution in [0, 0.1) is 20.2 Å². The van der Waals surface area contributed by atoms with Gasteiger partial charge in [0.05, 0.1) is 25.9 Å². The fraction of sp³-hybridized carbons (Fsp3) is 0.0769. The van der Waals surface area contributed by atoms with Gasteiger partial charge in [-0.05, 0) is 28.1 Å². The first kappa shape index (κ1) is 14.9. The smallest absolute Gasteiger partial charge is 0.276 e. The second kappa shape index (κ2) is 6.31. The van der Waals surface area contributed by atoms with Gasteiger partial charge in [-0.15, -0.1) is 0 Å². The molecular weight excluding hydrogens is 344 g/mol. The number of benzene rings is 2. The van der Waals surface area contributed by atoms with E-state index in [4.69, 9.17) is 4.74 Å². The summed E-state index contributed by atoms with van der Waals surface area (Å²) in [5.74, 6) is 0.252. The summed E-state index contributed by atoms with van der Waals surface area (Å²) >= 11 is 3.22. The normalized spacial score (nSPS) is 10.1. The Labute approximate surface area is 127 Å². The highest BCUT2D eigenvalue weighted by Gasteiger charge is 2.15. The predicted octanol–water partition coefficient (Wildman–Crippen LogP) is 3.84. The molecule has 8 heteroatoms. The second-order valence-electron chi connectivity index (χ2n) is 4.05. The number of nitro benzene ring substituents is 2. The van der Waals surface area contributed by atoms with Gasteiger partial charge in [0.1, 0.15) is 12.4 Å². The molecular formula is C13H9BrN2O5. The van der Waals surface area contributed by atoms with Crippen molar-refractivity contribution in [2.75, 3.05) is 0 Å². The maximum atomic E-state index is 10.9. The van der Waals surface area contributed by atoms with Crippen molar-refractivity contribution in [3.63, 3.8) is 0 Å². The SMILES string of the molecule is O=[N+]([O-])c1ccc(Br)c(OCc2ccccc2[N+](=O)[O-])c1. The van der Waals surface area contributed by atoms with Gasteiger partial charge in [-0.25, -0.2) is 0 Å². The third-order valence-corrected chi connectivity index (χ3v) is 3.35. The van der Waals surface area contributed by atoms with Gasteiger partial charge in [0.2, 0.25) is 0 Å². The number of ether oxygens (including phenoxy) is 1.